The third kappa shape index (κ3) is 4.69. The Morgan fingerprint density at radius 1 is 1.04 bits per heavy atom. The normalized spacial score (nSPS) is 12.4. The van der Waals surface area contributed by atoms with E-state index in [2.05, 4.69) is 31.3 Å². The molecule has 1 amide bonds. The average Bonchev–Trinajstić information content (AvgIpc) is 2.60. The van der Waals surface area contributed by atoms with E-state index in [1.807, 2.05) is 25.1 Å². The summed E-state index contributed by atoms with van der Waals surface area (Å²) < 4.78 is 0. The summed E-state index contributed by atoms with van der Waals surface area (Å²) in [6.45, 7) is 6.20. The number of nitrogens with one attached hydrogen (secondary N) is 1. The molecule has 0 saturated carbocycles. The topological polar surface area (TPSA) is 66.4 Å². The highest BCUT2D eigenvalue weighted by Crippen LogP contribution is 2.26. The summed E-state index contributed by atoms with van der Waals surface area (Å²) in [6.07, 6.45) is 0.673. The molecular weight excluding hydrogens is 314 g/mol. The average molecular weight is 339 g/mol. The van der Waals surface area contributed by atoms with Gasteiger partial charge < -0.3 is 10.4 Å². The molecular formula is C21H25NO3. The number of rotatable bonds is 7. The molecule has 25 heavy (non-hydrogen) atoms. The number of carboxylic acids is 1. The lowest BCUT2D eigenvalue weighted by molar-refractivity contribution is -0.122. The van der Waals surface area contributed by atoms with Gasteiger partial charge in [-0.2, -0.15) is 0 Å². The Labute approximate surface area is 148 Å². The molecule has 0 aliphatic heterocycles. The Balaban J connectivity index is 1.98. The van der Waals surface area contributed by atoms with Crippen LogP contribution >= 0.6 is 0 Å². The summed E-state index contributed by atoms with van der Waals surface area (Å²) in [5.74, 6) is -1.04. The van der Waals surface area contributed by atoms with Gasteiger partial charge in [0.15, 0.2) is 0 Å². The minimum absolute atomic E-state index is 0.0443. The van der Waals surface area contributed by atoms with Crippen LogP contribution < -0.4 is 5.32 Å². The highest BCUT2D eigenvalue weighted by molar-refractivity contribution is 5.89. The number of carboxylic acid groups (broad SMARTS) is 1. The molecule has 2 aromatic rings. The van der Waals surface area contributed by atoms with E-state index in [-0.39, 0.29) is 29.3 Å². The Morgan fingerprint density at radius 2 is 1.64 bits per heavy atom. The van der Waals surface area contributed by atoms with Crippen LogP contribution in [-0.4, -0.2) is 23.0 Å². The SMILES string of the molecule is CC(NC(=O)CCc1ccccc1C(=O)O)C(C)(C)c1ccccc1. The Hall–Kier alpha value is -2.62. The van der Waals surface area contributed by atoms with Crippen LogP contribution in [0.4, 0.5) is 0 Å². The lowest BCUT2D eigenvalue weighted by Crippen LogP contribution is -2.45. The van der Waals surface area contributed by atoms with Crippen molar-refractivity contribution >= 4 is 11.9 Å². The number of carbonyl (C=O) groups excluding carboxylic acids is 1. The van der Waals surface area contributed by atoms with Crippen molar-refractivity contribution in [3.63, 3.8) is 0 Å². The van der Waals surface area contributed by atoms with Crippen LogP contribution in [0.25, 0.3) is 0 Å². The molecule has 0 aliphatic rings. The predicted molar refractivity (Wildman–Crippen MR) is 98.8 cm³/mol. The second kappa shape index (κ2) is 7.97. The van der Waals surface area contributed by atoms with Gasteiger partial charge in [-0.25, -0.2) is 4.79 Å². The van der Waals surface area contributed by atoms with Crippen molar-refractivity contribution in [1.29, 1.82) is 0 Å². The zero-order valence-electron chi connectivity index (χ0n) is 15.0. The molecule has 0 saturated heterocycles. The third-order valence-corrected chi connectivity index (χ3v) is 4.85. The van der Waals surface area contributed by atoms with Crippen molar-refractivity contribution in [2.75, 3.05) is 0 Å². The van der Waals surface area contributed by atoms with E-state index in [4.69, 9.17) is 0 Å². The fraction of sp³-hybridized carbons (Fsp3) is 0.333. The fourth-order valence-electron chi connectivity index (χ4n) is 2.81. The van der Waals surface area contributed by atoms with E-state index in [9.17, 15) is 14.7 Å². The molecule has 0 aromatic heterocycles. The molecule has 4 heteroatoms. The molecule has 132 valence electrons. The molecule has 1 atom stereocenters. The first-order valence-electron chi connectivity index (χ1n) is 8.48. The third-order valence-electron chi connectivity index (χ3n) is 4.85. The molecule has 0 heterocycles. The van der Waals surface area contributed by atoms with Gasteiger partial charge in [-0.1, -0.05) is 62.4 Å². The van der Waals surface area contributed by atoms with Gasteiger partial charge in [-0.3, -0.25) is 4.79 Å². The van der Waals surface area contributed by atoms with E-state index in [0.717, 1.165) is 0 Å². The van der Waals surface area contributed by atoms with Crippen molar-refractivity contribution in [2.45, 2.75) is 45.1 Å². The van der Waals surface area contributed by atoms with Crippen LogP contribution in [0.5, 0.6) is 0 Å². The van der Waals surface area contributed by atoms with Gasteiger partial charge in [0.2, 0.25) is 5.91 Å². The zero-order chi connectivity index (χ0) is 18.4. The first-order chi connectivity index (χ1) is 11.8. The first kappa shape index (κ1) is 18.7. The van der Waals surface area contributed by atoms with Crippen molar-refractivity contribution < 1.29 is 14.7 Å². The van der Waals surface area contributed by atoms with E-state index in [1.165, 1.54) is 5.56 Å². The number of hydrogen-bond donors (Lipinski definition) is 2. The second-order valence-electron chi connectivity index (χ2n) is 6.84. The molecule has 0 aliphatic carbocycles. The Kier molecular flexibility index (Phi) is 5.97. The predicted octanol–water partition coefficient (Wildman–Crippen LogP) is 3.80. The molecule has 2 aromatic carbocycles. The van der Waals surface area contributed by atoms with Crippen molar-refractivity contribution in [3.05, 3.63) is 71.3 Å². The standard InChI is InChI=1S/C21H25NO3/c1-15(21(2,3)17-10-5-4-6-11-17)22-19(23)14-13-16-9-7-8-12-18(16)20(24)25/h4-12,15H,13-14H2,1-3H3,(H,22,23)(H,24,25). The number of hydrogen-bond acceptors (Lipinski definition) is 2. The summed E-state index contributed by atoms with van der Waals surface area (Å²) >= 11 is 0. The van der Waals surface area contributed by atoms with Crippen LogP contribution in [0.2, 0.25) is 0 Å². The molecule has 0 bridgehead atoms. The van der Waals surface area contributed by atoms with Crippen molar-refractivity contribution in [1.82, 2.24) is 5.32 Å². The van der Waals surface area contributed by atoms with Gasteiger partial charge >= 0.3 is 5.97 Å². The summed E-state index contributed by atoms with van der Waals surface area (Å²) in [5.41, 5.74) is 1.91. The molecule has 0 radical (unpaired) electrons. The Bertz CT molecular complexity index is 738. The molecule has 1 unspecified atom stereocenters. The van der Waals surface area contributed by atoms with Gasteiger partial charge in [-0.05, 0) is 30.5 Å². The minimum atomic E-state index is -0.963. The van der Waals surface area contributed by atoms with E-state index in [0.29, 0.717) is 12.0 Å². The second-order valence-corrected chi connectivity index (χ2v) is 6.84. The summed E-state index contributed by atoms with van der Waals surface area (Å²) in [5, 5.41) is 12.3. The maximum atomic E-state index is 12.3. The van der Waals surface area contributed by atoms with Crippen LogP contribution in [0.3, 0.4) is 0 Å². The van der Waals surface area contributed by atoms with Crippen LogP contribution in [0.1, 0.15) is 48.7 Å². The van der Waals surface area contributed by atoms with Crippen LogP contribution in [0, 0.1) is 0 Å². The van der Waals surface area contributed by atoms with Gasteiger partial charge in [-0.15, -0.1) is 0 Å². The number of benzene rings is 2. The van der Waals surface area contributed by atoms with Crippen molar-refractivity contribution in [3.8, 4) is 0 Å². The maximum absolute atomic E-state index is 12.3. The number of aromatic carboxylic acids is 1. The highest BCUT2D eigenvalue weighted by atomic mass is 16.4. The summed E-state index contributed by atoms with van der Waals surface area (Å²) in [7, 11) is 0. The smallest absolute Gasteiger partial charge is 0.335 e. The number of aryl methyl sites for hydroxylation is 1. The highest BCUT2D eigenvalue weighted by Gasteiger charge is 2.28. The maximum Gasteiger partial charge on any atom is 0.335 e. The molecule has 4 nitrogen and oxygen atoms in total. The molecule has 2 N–H and O–H groups in total. The van der Waals surface area contributed by atoms with Gasteiger partial charge in [0, 0.05) is 17.9 Å². The monoisotopic (exact) mass is 339 g/mol. The number of carbonyl (C=O) groups is 2. The van der Waals surface area contributed by atoms with Gasteiger partial charge in [0.1, 0.15) is 0 Å². The number of amides is 1. The molecule has 0 fully saturated rings. The fourth-order valence-corrected chi connectivity index (χ4v) is 2.81. The quantitative estimate of drug-likeness (QED) is 0.806. The summed E-state index contributed by atoms with van der Waals surface area (Å²) in [4.78, 5) is 23.6. The molecule has 2 rings (SSSR count). The lowest BCUT2D eigenvalue weighted by Gasteiger charge is -2.33. The van der Waals surface area contributed by atoms with Gasteiger partial charge in [0.05, 0.1) is 5.56 Å². The minimum Gasteiger partial charge on any atom is -0.478 e. The lowest BCUT2D eigenvalue weighted by atomic mass is 9.78. The zero-order valence-corrected chi connectivity index (χ0v) is 15.0. The first-order valence-corrected chi connectivity index (χ1v) is 8.48. The molecule has 0 spiro atoms. The largest absolute Gasteiger partial charge is 0.478 e. The van der Waals surface area contributed by atoms with Crippen LogP contribution in [0.15, 0.2) is 54.6 Å². The van der Waals surface area contributed by atoms with Crippen LogP contribution in [-0.2, 0) is 16.6 Å². The van der Waals surface area contributed by atoms with Gasteiger partial charge in [0.25, 0.3) is 0 Å². The van der Waals surface area contributed by atoms with E-state index >= 15 is 0 Å². The van der Waals surface area contributed by atoms with E-state index in [1.54, 1.807) is 24.3 Å². The summed E-state index contributed by atoms with van der Waals surface area (Å²) in [6, 6.07) is 16.9. The Morgan fingerprint density at radius 3 is 2.28 bits per heavy atom. The van der Waals surface area contributed by atoms with E-state index < -0.39 is 5.97 Å². The van der Waals surface area contributed by atoms with Crippen molar-refractivity contribution in [2.24, 2.45) is 0 Å².